The molecule has 4 aromatic rings. The highest BCUT2D eigenvalue weighted by Gasteiger charge is 2.29. The highest BCUT2D eigenvalue weighted by molar-refractivity contribution is 5.97. The second-order valence-electron chi connectivity index (χ2n) is 9.10. The van der Waals surface area contributed by atoms with Crippen LogP contribution in [0, 0.1) is 0 Å². The molecule has 1 saturated heterocycles. The minimum absolute atomic E-state index is 0.106. The summed E-state index contributed by atoms with van der Waals surface area (Å²) in [6.07, 6.45) is -0.191. The van der Waals surface area contributed by atoms with Crippen LogP contribution in [0.1, 0.15) is 34.3 Å². The first-order chi connectivity index (χ1) is 17.9. The van der Waals surface area contributed by atoms with Crippen LogP contribution >= 0.6 is 0 Å². The number of nitrogens with zero attached hydrogens (tertiary/aromatic N) is 3. The molecule has 0 saturated carbocycles. The number of ether oxygens (including phenoxy) is 1. The van der Waals surface area contributed by atoms with Crippen LogP contribution in [0.15, 0.2) is 73.1 Å². The first kappa shape index (κ1) is 24.8. The summed E-state index contributed by atoms with van der Waals surface area (Å²) in [4.78, 5) is 19.4. The predicted octanol–water partition coefficient (Wildman–Crippen LogP) is 5.45. The lowest BCUT2D eigenvalue weighted by Crippen LogP contribution is -2.33. The predicted molar refractivity (Wildman–Crippen MR) is 135 cm³/mol. The third kappa shape index (κ3) is 5.94. The molecule has 2 heterocycles. The van der Waals surface area contributed by atoms with Gasteiger partial charge in [0.2, 0.25) is 0 Å². The highest BCUT2D eigenvalue weighted by Crippen LogP contribution is 2.29. The van der Waals surface area contributed by atoms with Crippen LogP contribution in [0.3, 0.4) is 0 Å². The number of hydrogen-bond acceptors (Lipinski definition) is 4. The van der Waals surface area contributed by atoms with E-state index in [0.29, 0.717) is 23.4 Å². The molecule has 1 aliphatic rings. The van der Waals surface area contributed by atoms with Crippen molar-refractivity contribution < 1.29 is 22.7 Å². The van der Waals surface area contributed by atoms with Crippen LogP contribution in [-0.2, 0) is 12.8 Å². The first-order valence-corrected chi connectivity index (χ1v) is 12.2. The zero-order valence-corrected chi connectivity index (χ0v) is 20.2. The Balaban J connectivity index is 1.20. The van der Waals surface area contributed by atoms with E-state index in [2.05, 4.69) is 15.2 Å². The number of imidazole rings is 1. The van der Waals surface area contributed by atoms with Crippen molar-refractivity contribution in [2.45, 2.75) is 25.6 Å². The number of carbonyl (C=O) groups excluding carboxylic acids is 1. The quantitative estimate of drug-likeness (QED) is 0.344. The molecule has 9 heteroatoms. The summed E-state index contributed by atoms with van der Waals surface area (Å²) in [7, 11) is 0. The van der Waals surface area contributed by atoms with Crippen LogP contribution in [0.25, 0.3) is 16.7 Å². The average molecular weight is 509 g/mol. The number of hydrogen-bond donors (Lipinski definition) is 1. The van der Waals surface area contributed by atoms with Gasteiger partial charge in [0.25, 0.3) is 5.91 Å². The molecular weight excluding hydrogens is 481 g/mol. The summed E-state index contributed by atoms with van der Waals surface area (Å²) in [5.74, 6) is 0.492. The zero-order valence-electron chi connectivity index (χ0n) is 20.2. The van der Waals surface area contributed by atoms with Crippen molar-refractivity contribution in [1.29, 1.82) is 0 Å². The molecule has 6 nitrogen and oxygen atoms in total. The number of benzene rings is 3. The zero-order chi connectivity index (χ0) is 25.8. The van der Waals surface area contributed by atoms with E-state index in [4.69, 9.17) is 4.74 Å². The SMILES string of the molecule is O=C(NCCN1CCCC1)c1ccc2c(c1)ncn2-c1ccc(OCc2ccc(C(F)(F)F)cc2)cc1. The minimum atomic E-state index is -4.35. The molecule has 0 atom stereocenters. The Bertz CT molecular complexity index is 1360. The largest absolute Gasteiger partial charge is 0.489 e. The van der Waals surface area contributed by atoms with Crippen LogP contribution in [0.5, 0.6) is 5.75 Å². The summed E-state index contributed by atoms with van der Waals surface area (Å²) in [5.41, 5.74) is 2.99. The lowest BCUT2D eigenvalue weighted by atomic mass is 10.1. The second kappa shape index (κ2) is 10.6. The number of aromatic nitrogens is 2. The van der Waals surface area contributed by atoms with Crippen LogP contribution in [0.4, 0.5) is 13.2 Å². The van der Waals surface area contributed by atoms with Gasteiger partial charge in [-0.3, -0.25) is 9.36 Å². The van der Waals surface area contributed by atoms with Crippen LogP contribution in [0.2, 0.25) is 0 Å². The molecule has 5 rings (SSSR count). The monoisotopic (exact) mass is 508 g/mol. The molecule has 1 aromatic heterocycles. The van der Waals surface area contributed by atoms with Crippen LogP contribution in [-0.4, -0.2) is 46.5 Å². The van der Waals surface area contributed by atoms with Gasteiger partial charge in [-0.15, -0.1) is 0 Å². The summed E-state index contributed by atoms with van der Waals surface area (Å²) in [6, 6.07) is 17.8. The summed E-state index contributed by atoms with van der Waals surface area (Å²) in [5, 5.41) is 2.99. The molecule has 0 bridgehead atoms. The number of likely N-dealkylation sites (tertiary alicyclic amines) is 1. The smallest absolute Gasteiger partial charge is 0.416 e. The number of amides is 1. The molecule has 37 heavy (non-hydrogen) atoms. The number of alkyl halides is 3. The summed E-state index contributed by atoms with van der Waals surface area (Å²) >= 11 is 0. The van der Waals surface area contributed by atoms with Crippen molar-refractivity contribution in [3.63, 3.8) is 0 Å². The first-order valence-electron chi connectivity index (χ1n) is 12.2. The molecule has 1 aliphatic heterocycles. The maximum atomic E-state index is 12.7. The molecule has 0 radical (unpaired) electrons. The Morgan fingerprint density at radius 1 is 0.973 bits per heavy atom. The number of nitrogens with one attached hydrogen (secondary N) is 1. The third-order valence-electron chi connectivity index (χ3n) is 6.52. The highest BCUT2D eigenvalue weighted by atomic mass is 19.4. The van der Waals surface area contributed by atoms with Crippen molar-refractivity contribution in [1.82, 2.24) is 19.8 Å². The van der Waals surface area contributed by atoms with Crippen molar-refractivity contribution in [3.05, 3.63) is 89.7 Å². The summed E-state index contributed by atoms with van der Waals surface area (Å²) in [6.45, 7) is 3.86. The third-order valence-corrected chi connectivity index (χ3v) is 6.52. The van der Waals surface area contributed by atoms with E-state index in [0.717, 1.165) is 48.5 Å². The fourth-order valence-corrected chi connectivity index (χ4v) is 4.46. The molecular formula is C28H27F3N4O2. The van der Waals surface area contributed by atoms with Gasteiger partial charge in [-0.05, 0) is 86.1 Å². The molecule has 1 fully saturated rings. The number of halogens is 3. The van der Waals surface area contributed by atoms with Crippen LogP contribution < -0.4 is 10.1 Å². The van der Waals surface area contributed by atoms with E-state index < -0.39 is 11.7 Å². The Morgan fingerprint density at radius 2 is 1.70 bits per heavy atom. The van der Waals surface area contributed by atoms with Gasteiger partial charge >= 0.3 is 6.18 Å². The topological polar surface area (TPSA) is 59.4 Å². The summed E-state index contributed by atoms with van der Waals surface area (Å²) < 4.78 is 45.8. The maximum Gasteiger partial charge on any atom is 0.416 e. The van der Waals surface area contributed by atoms with Gasteiger partial charge in [0.15, 0.2) is 0 Å². The number of fused-ring (bicyclic) bond motifs is 1. The lowest BCUT2D eigenvalue weighted by molar-refractivity contribution is -0.137. The lowest BCUT2D eigenvalue weighted by Gasteiger charge is -2.14. The molecule has 0 aliphatic carbocycles. The van der Waals surface area contributed by atoms with Crippen molar-refractivity contribution >= 4 is 16.9 Å². The Labute approximate surface area is 212 Å². The van der Waals surface area contributed by atoms with Gasteiger partial charge in [0, 0.05) is 24.3 Å². The van der Waals surface area contributed by atoms with Crippen molar-refractivity contribution in [2.75, 3.05) is 26.2 Å². The van der Waals surface area contributed by atoms with E-state index in [1.54, 1.807) is 30.6 Å². The minimum Gasteiger partial charge on any atom is -0.489 e. The van der Waals surface area contributed by atoms with E-state index in [9.17, 15) is 18.0 Å². The van der Waals surface area contributed by atoms with E-state index in [1.807, 2.05) is 22.8 Å². The van der Waals surface area contributed by atoms with Gasteiger partial charge in [-0.2, -0.15) is 13.2 Å². The molecule has 0 spiro atoms. The Morgan fingerprint density at radius 3 is 2.41 bits per heavy atom. The fourth-order valence-electron chi connectivity index (χ4n) is 4.46. The number of rotatable bonds is 8. The van der Waals surface area contributed by atoms with E-state index in [-0.39, 0.29) is 12.5 Å². The van der Waals surface area contributed by atoms with Crippen molar-refractivity contribution in [3.8, 4) is 11.4 Å². The van der Waals surface area contributed by atoms with Crippen molar-refractivity contribution in [2.24, 2.45) is 0 Å². The maximum absolute atomic E-state index is 12.7. The van der Waals surface area contributed by atoms with E-state index in [1.165, 1.54) is 25.0 Å². The van der Waals surface area contributed by atoms with E-state index >= 15 is 0 Å². The molecule has 1 amide bonds. The standard InChI is InChI=1S/C28H27F3N4O2/c29-28(30,31)22-6-3-20(4-7-22)18-37-24-10-8-23(9-11-24)35-19-33-25-17-21(5-12-26(25)35)27(36)32-13-16-34-14-1-2-15-34/h3-12,17,19H,1-2,13-16,18H2,(H,32,36). The van der Waals surface area contributed by atoms with Gasteiger partial charge < -0.3 is 15.0 Å². The van der Waals surface area contributed by atoms with Gasteiger partial charge in [0.1, 0.15) is 18.7 Å². The Kier molecular flexibility index (Phi) is 7.14. The van der Waals surface area contributed by atoms with Gasteiger partial charge in [-0.25, -0.2) is 4.98 Å². The number of carbonyl (C=O) groups is 1. The fraction of sp³-hybridized carbons (Fsp3) is 0.286. The molecule has 192 valence electrons. The van der Waals surface area contributed by atoms with Gasteiger partial charge in [-0.1, -0.05) is 12.1 Å². The molecule has 0 unspecified atom stereocenters. The molecule has 1 N–H and O–H groups in total. The second-order valence-corrected chi connectivity index (χ2v) is 9.10. The molecule has 3 aromatic carbocycles. The average Bonchev–Trinajstić information content (AvgIpc) is 3.57. The van der Waals surface area contributed by atoms with Gasteiger partial charge in [0.05, 0.1) is 16.6 Å². The normalized spacial score (nSPS) is 14.2. The Hall–Kier alpha value is -3.85.